The van der Waals surface area contributed by atoms with Crippen LogP contribution in [0.2, 0.25) is 0 Å². The minimum Gasteiger partial charge on any atom is -0.474 e. The van der Waals surface area contributed by atoms with E-state index in [4.69, 9.17) is 14.2 Å². The van der Waals surface area contributed by atoms with Crippen molar-refractivity contribution < 1.29 is 37.0 Å². The Labute approximate surface area is 175 Å². The van der Waals surface area contributed by atoms with Crippen LogP contribution in [0.25, 0.3) is 0 Å². The van der Waals surface area contributed by atoms with E-state index in [0.29, 0.717) is 5.56 Å². The largest absolute Gasteiger partial charge is 0.474 e. The lowest BCUT2D eigenvalue weighted by Gasteiger charge is -2.21. The van der Waals surface area contributed by atoms with Gasteiger partial charge < -0.3 is 14.2 Å². The Balaban J connectivity index is 1.86. The number of alkyl halides is 3. The zero-order chi connectivity index (χ0) is 22.8. The molecular formula is C20H20F3N3O5. The van der Waals surface area contributed by atoms with Crippen molar-refractivity contribution in [2.75, 3.05) is 19.8 Å². The minimum atomic E-state index is -4.85. The van der Waals surface area contributed by atoms with Gasteiger partial charge in [0.2, 0.25) is 11.4 Å². The topological polar surface area (TPSA) is 92.0 Å². The third kappa shape index (κ3) is 4.70. The van der Waals surface area contributed by atoms with Crippen LogP contribution >= 0.6 is 0 Å². The van der Waals surface area contributed by atoms with Crippen molar-refractivity contribution in [3.8, 4) is 0 Å². The van der Waals surface area contributed by atoms with Crippen LogP contribution in [0.1, 0.15) is 34.1 Å². The molecule has 0 saturated heterocycles. The SMILES string of the molecule is CCOC(=O)[C@]1(COC(=O)c2cn(C)nc2C(F)(F)F)COC(c2ccc(C)cc2)=N1. The van der Waals surface area contributed by atoms with E-state index in [1.54, 1.807) is 19.1 Å². The number of hydrogen-bond donors (Lipinski definition) is 0. The zero-order valence-corrected chi connectivity index (χ0v) is 17.0. The van der Waals surface area contributed by atoms with Crippen LogP contribution in [-0.2, 0) is 32.2 Å². The van der Waals surface area contributed by atoms with Crippen molar-refractivity contribution in [1.82, 2.24) is 9.78 Å². The monoisotopic (exact) mass is 439 g/mol. The maximum atomic E-state index is 13.1. The van der Waals surface area contributed by atoms with Crippen molar-refractivity contribution in [3.63, 3.8) is 0 Å². The van der Waals surface area contributed by atoms with Gasteiger partial charge in [-0.1, -0.05) is 17.7 Å². The van der Waals surface area contributed by atoms with Gasteiger partial charge in [-0.15, -0.1) is 0 Å². The summed E-state index contributed by atoms with van der Waals surface area (Å²) in [6, 6.07) is 7.14. The Morgan fingerprint density at radius 3 is 2.52 bits per heavy atom. The Bertz CT molecular complexity index is 1010. The first-order valence-corrected chi connectivity index (χ1v) is 9.30. The van der Waals surface area contributed by atoms with Crippen molar-refractivity contribution in [3.05, 3.63) is 52.8 Å². The highest BCUT2D eigenvalue weighted by Gasteiger charge is 2.48. The second-order valence-electron chi connectivity index (χ2n) is 6.96. The Hall–Kier alpha value is -3.37. The van der Waals surface area contributed by atoms with E-state index < -0.39 is 41.5 Å². The molecular weight excluding hydrogens is 419 g/mol. The number of aryl methyl sites for hydroxylation is 2. The van der Waals surface area contributed by atoms with Gasteiger partial charge in [-0.2, -0.15) is 18.3 Å². The number of carbonyl (C=O) groups excluding carboxylic acids is 2. The molecule has 0 spiro atoms. The van der Waals surface area contributed by atoms with E-state index >= 15 is 0 Å². The van der Waals surface area contributed by atoms with Gasteiger partial charge in [0.15, 0.2) is 5.69 Å². The summed E-state index contributed by atoms with van der Waals surface area (Å²) in [6.45, 7) is 2.57. The second kappa shape index (κ2) is 8.40. The highest BCUT2D eigenvalue weighted by Crippen LogP contribution is 2.31. The van der Waals surface area contributed by atoms with Crippen LogP contribution in [0, 0.1) is 6.92 Å². The third-order valence-corrected chi connectivity index (χ3v) is 4.48. The molecule has 0 saturated carbocycles. The van der Waals surface area contributed by atoms with E-state index in [-0.39, 0.29) is 19.1 Å². The lowest BCUT2D eigenvalue weighted by atomic mass is 10.0. The summed E-state index contributed by atoms with van der Waals surface area (Å²) in [5.74, 6) is -1.96. The quantitative estimate of drug-likeness (QED) is 0.643. The molecule has 0 amide bonds. The maximum absolute atomic E-state index is 13.1. The molecule has 1 atom stereocenters. The van der Waals surface area contributed by atoms with E-state index in [2.05, 4.69) is 10.1 Å². The number of ether oxygens (including phenoxy) is 3. The Morgan fingerprint density at radius 2 is 1.90 bits per heavy atom. The molecule has 1 aliphatic heterocycles. The van der Waals surface area contributed by atoms with Gasteiger partial charge in [0, 0.05) is 18.8 Å². The molecule has 0 aliphatic carbocycles. The molecule has 3 rings (SSSR count). The van der Waals surface area contributed by atoms with Gasteiger partial charge in [0.1, 0.15) is 18.8 Å². The third-order valence-electron chi connectivity index (χ3n) is 4.48. The fourth-order valence-corrected chi connectivity index (χ4v) is 2.90. The number of benzene rings is 1. The van der Waals surface area contributed by atoms with Gasteiger partial charge in [-0.25, -0.2) is 14.6 Å². The lowest BCUT2D eigenvalue weighted by Crippen LogP contribution is -2.45. The molecule has 0 radical (unpaired) electrons. The number of aliphatic imine (C=N–C) groups is 1. The molecule has 31 heavy (non-hydrogen) atoms. The smallest absolute Gasteiger partial charge is 0.436 e. The zero-order valence-electron chi connectivity index (χ0n) is 17.0. The number of carbonyl (C=O) groups is 2. The number of hydrogen-bond acceptors (Lipinski definition) is 7. The Morgan fingerprint density at radius 1 is 1.23 bits per heavy atom. The van der Waals surface area contributed by atoms with Crippen molar-refractivity contribution >= 4 is 17.8 Å². The first-order chi connectivity index (χ1) is 14.6. The van der Waals surface area contributed by atoms with Crippen LogP contribution in [0.3, 0.4) is 0 Å². The molecule has 1 aliphatic rings. The van der Waals surface area contributed by atoms with Crippen LogP contribution in [0.4, 0.5) is 13.2 Å². The predicted molar refractivity (Wildman–Crippen MR) is 102 cm³/mol. The van der Waals surface area contributed by atoms with Gasteiger partial charge in [0.05, 0.1) is 6.61 Å². The van der Waals surface area contributed by atoms with Gasteiger partial charge >= 0.3 is 18.1 Å². The number of rotatable bonds is 6. The van der Waals surface area contributed by atoms with E-state index in [0.717, 1.165) is 16.4 Å². The molecule has 0 bridgehead atoms. The molecule has 166 valence electrons. The van der Waals surface area contributed by atoms with Gasteiger partial charge in [0.25, 0.3) is 0 Å². The summed E-state index contributed by atoms with van der Waals surface area (Å²) in [6.07, 6.45) is -3.95. The average molecular weight is 439 g/mol. The molecule has 1 aromatic carbocycles. The van der Waals surface area contributed by atoms with Crippen LogP contribution in [0.5, 0.6) is 0 Å². The van der Waals surface area contributed by atoms with Crippen molar-refractivity contribution in [1.29, 1.82) is 0 Å². The van der Waals surface area contributed by atoms with E-state index in [1.165, 1.54) is 7.05 Å². The van der Waals surface area contributed by atoms with Crippen LogP contribution in [0.15, 0.2) is 35.5 Å². The molecule has 2 aromatic rings. The first kappa shape index (κ1) is 22.3. The summed E-state index contributed by atoms with van der Waals surface area (Å²) in [5, 5.41) is 3.27. The number of aromatic nitrogens is 2. The minimum absolute atomic E-state index is 0.0325. The summed E-state index contributed by atoms with van der Waals surface area (Å²) in [4.78, 5) is 29.2. The first-order valence-electron chi connectivity index (χ1n) is 9.30. The number of nitrogens with zero attached hydrogens (tertiary/aromatic N) is 3. The highest BCUT2D eigenvalue weighted by molar-refractivity contribution is 5.99. The maximum Gasteiger partial charge on any atom is 0.436 e. The lowest BCUT2D eigenvalue weighted by molar-refractivity contribution is -0.152. The number of esters is 2. The molecule has 0 N–H and O–H groups in total. The number of halogens is 3. The standard InChI is InChI=1S/C20H20F3N3O5/c1-4-29-18(28)19(10-30-16(24-19)13-7-5-12(2)6-8-13)11-31-17(27)14-9-26(3)25-15(14)20(21,22)23/h5-9H,4,10-11H2,1-3H3/t19-/m1/s1. The molecule has 0 unspecified atom stereocenters. The molecule has 11 heteroatoms. The fourth-order valence-electron chi connectivity index (χ4n) is 2.90. The summed E-state index contributed by atoms with van der Waals surface area (Å²) in [5.41, 5.74) is -2.28. The van der Waals surface area contributed by atoms with E-state index in [9.17, 15) is 22.8 Å². The molecule has 0 fully saturated rings. The van der Waals surface area contributed by atoms with Crippen molar-refractivity contribution in [2.45, 2.75) is 25.6 Å². The van der Waals surface area contributed by atoms with Gasteiger partial charge in [-0.05, 0) is 26.0 Å². The molecule has 1 aromatic heterocycles. The summed E-state index contributed by atoms with van der Waals surface area (Å²) in [7, 11) is 1.25. The normalized spacial score (nSPS) is 18.3. The van der Waals surface area contributed by atoms with Gasteiger partial charge in [-0.3, -0.25) is 4.68 Å². The molecule has 2 heterocycles. The summed E-state index contributed by atoms with van der Waals surface area (Å²) < 4.78 is 55.9. The summed E-state index contributed by atoms with van der Waals surface area (Å²) >= 11 is 0. The highest BCUT2D eigenvalue weighted by atomic mass is 19.4. The van der Waals surface area contributed by atoms with Crippen molar-refractivity contribution in [2.24, 2.45) is 12.0 Å². The van der Waals surface area contributed by atoms with Crippen LogP contribution < -0.4 is 0 Å². The van der Waals surface area contributed by atoms with Crippen LogP contribution in [-0.4, -0.2) is 53.0 Å². The molecule has 8 nitrogen and oxygen atoms in total. The fraction of sp³-hybridized carbons (Fsp3) is 0.400. The second-order valence-corrected chi connectivity index (χ2v) is 6.96. The predicted octanol–water partition coefficient (Wildman–Crippen LogP) is 2.68. The Kier molecular flexibility index (Phi) is 6.05. The van der Waals surface area contributed by atoms with E-state index in [1.807, 2.05) is 19.1 Å². The average Bonchev–Trinajstić information content (AvgIpc) is 3.32.